The first-order valence-corrected chi connectivity index (χ1v) is 13.9. The lowest BCUT2D eigenvalue weighted by Crippen LogP contribution is -2.52. The van der Waals surface area contributed by atoms with Gasteiger partial charge in [0.1, 0.15) is 0 Å². The van der Waals surface area contributed by atoms with Crippen LogP contribution in [-0.4, -0.2) is 56.5 Å². The summed E-state index contributed by atoms with van der Waals surface area (Å²) in [6.07, 6.45) is 9.56. The molecular weight excluding hydrogens is 452 g/mol. The minimum absolute atomic E-state index is 0.0132. The number of piperidine rings is 1. The van der Waals surface area contributed by atoms with Gasteiger partial charge in [-0.2, -0.15) is 0 Å². The lowest BCUT2D eigenvalue weighted by Gasteiger charge is -2.40. The van der Waals surface area contributed by atoms with Crippen molar-refractivity contribution in [1.82, 2.24) is 14.7 Å². The van der Waals surface area contributed by atoms with Crippen LogP contribution in [0.1, 0.15) is 43.6 Å². The third-order valence-electron chi connectivity index (χ3n) is 7.12. The molecular formula is C25H32N4O4S. The zero-order valence-corrected chi connectivity index (χ0v) is 20.3. The van der Waals surface area contributed by atoms with Crippen LogP contribution in [0.4, 0.5) is 5.82 Å². The number of aromatic nitrogens is 2. The van der Waals surface area contributed by atoms with Gasteiger partial charge in [0.05, 0.1) is 19.0 Å². The molecule has 34 heavy (non-hydrogen) atoms. The van der Waals surface area contributed by atoms with Crippen LogP contribution in [0.5, 0.6) is 0 Å². The lowest BCUT2D eigenvalue weighted by molar-refractivity contribution is -0.00212. The largest absolute Gasteiger partial charge is 0.443 e. The number of oxazole rings is 1. The van der Waals surface area contributed by atoms with Gasteiger partial charge in [0.15, 0.2) is 23.3 Å². The van der Waals surface area contributed by atoms with Gasteiger partial charge in [0.25, 0.3) is 0 Å². The average Bonchev–Trinajstić information content (AvgIpc) is 3.33. The Morgan fingerprint density at radius 3 is 2.65 bits per heavy atom. The topological polar surface area (TPSA) is 97.6 Å². The summed E-state index contributed by atoms with van der Waals surface area (Å²) in [5.41, 5.74) is 2.84. The molecule has 2 fully saturated rings. The number of pyridine rings is 1. The highest BCUT2D eigenvalue weighted by Gasteiger charge is 2.34. The van der Waals surface area contributed by atoms with Crippen molar-refractivity contribution in [3.8, 4) is 0 Å². The van der Waals surface area contributed by atoms with E-state index in [-0.39, 0.29) is 18.1 Å². The normalized spacial score (nSPS) is 26.1. The summed E-state index contributed by atoms with van der Waals surface area (Å²) in [4.78, 5) is 11.1. The molecule has 2 aliphatic rings. The third kappa shape index (κ3) is 5.42. The summed E-state index contributed by atoms with van der Waals surface area (Å²) in [6.45, 7) is 1.84. The van der Waals surface area contributed by atoms with E-state index < -0.39 is 10.0 Å². The van der Waals surface area contributed by atoms with E-state index in [2.05, 4.69) is 49.9 Å². The van der Waals surface area contributed by atoms with Crippen molar-refractivity contribution in [1.29, 1.82) is 0 Å². The monoisotopic (exact) mass is 484 g/mol. The van der Waals surface area contributed by atoms with Gasteiger partial charge in [0, 0.05) is 37.3 Å². The van der Waals surface area contributed by atoms with Crippen molar-refractivity contribution in [2.45, 2.75) is 50.2 Å². The second-order valence-electron chi connectivity index (χ2n) is 9.54. The van der Waals surface area contributed by atoms with Crippen molar-refractivity contribution < 1.29 is 17.6 Å². The molecule has 182 valence electrons. The molecule has 2 aromatic heterocycles. The van der Waals surface area contributed by atoms with Gasteiger partial charge in [0.2, 0.25) is 10.0 Å². The fraction of sp³-hybridized carbons (Fsp3) is 0.520. The van der Waals surface area contributed by atoms with Crippen LogP contribution in [0.15, 0.2) is 53.4 Å². The van der Waals surface area contributed by atoms with Gasteiger partial charge in [-0.05, 0) is 43.6 Å². The molecule has 3 aromatic rings. The Bertz CT molecular complexity index is 1190. The van der Waals surface area contributed by atoms with Gasteiger partial charge in [-0.15, -0.1) is 0 Å². The Labute approximate surface area is 200 Å². The van der Waals surface area contributed by atoms with E-state index in [1.807, 2.05) is 0 Å². The molecule has 0 amide bonds. The Kier molecular flexibility index (Phi) is 6.85. The van der Waals surface area contributed by atoms with E-state index in [0.717, 1.165) is 37.0 Å². The maximum atomic E-state index is 12.0. The fourth-order valence-electron chi connectivity index (χ4n) is 5.38. The summed E-state index contributed by atoms with van der Waals surface area (Å²) in [6, 6.07) is 12.3. The number of nitrogens with one attached hydrogen (secondary N) is 1. The van der Waals surface area contributed by atoms with Gasteiger partial charge in [-0.3, -0.25) is 0 Å². The number of hydrogen-bond acceptors (Lipinski definition) is 7. The highest BCUT2D eigenvalue weighted by Crippen LogP contribution is 2.35. The number of hydrogen-bond donors (Lipinski definition) is 1. The number of rotatable bonds is 7. The van der Waals surface area contributed by atoms with Gasteiger partial charge >= 0.3 is 0 Å². The number of ether oxygens (including phenoxy) is 1. The van der Waals surface area contributed by atoms with E-state index in [9.17, 15) is 8.42 Å². The average molecular weight is 485 g/mol. The van der Waals surface area contributed by atoms with Crippen molar-refractivity contribution in [3.05, 3.63) is 54.6 Å². The molecule has 3 heterocycles. The molecule has 1 aliphatic carbocycles. The Hall–Kier alpha value is -2.49. The first kappa shape index (κ1) is 23.3. The zero-order valence-electron chi connectivity index (χ0n) is 19.5. The molecule has 0 bridgehead atoms. The van der Waals surface area contributed by atoms with Crippen LogP contribution in [0.2, 0.25) is 0 Å². The van der Waals surface area contributed by atoms with Gasteiger partial charge in [-0.1, -0.05) is 30.3 Å². The Morgan fingerprint density at radius 2 is 1.88 bits per heavy atom. The second kappa shape index (κ2) is 10.0. The molecule has 2 atom stereocenters. The predicted molar refractivity (Wildman–Crippen MR) is 131 cm³/mol. The second-order valence-corrected chi connectivity index (χ2v) is 11.3. The van der Waals surface area contributed by atoms with Crippen LogP contribution >= 0.6 is 0 Å². The van der Waals surface area contributed by atoms with Crippen molar-refractivity contribution in [2.75, 3.05) is 30.9 Å². The Morgan fingerprint density at radius 1 is 1.09 bits per heavy atom. The molecule has 2 unspecified atom stereocenters. The number of nitrogens with zero attached hydrogens (tertiary/aromatic N) is 3. The van der Waals surface area contributed by atoms with Crippen molar-refractivity contribution in [2.24, 2.45) is 5.92 Å². The molecule has 0 radical (unpaired) electrons. The summed E-state index contributed by atoms with van der Waals surface area (Å²) in [5.74, 6) is 1.39. The van der Waals surface area contributed by atoms with E-state index >= 15 is 0 Å². The van der Waals surface area contributed by atoms with Crippen molar-refractivity contribution in [3.63, 3.8) is 0 Å². The molecule has 8 nitrogen and oxygen atoms in total. The first-order valence-electron chi connectivity index (χ1n) is 12.0. The quantitative estimate of drug-likeness (QED) is 0.546. The molecule has 1 N–H and O–H groups in total. The minimum atomic E-state index is -3.31. The summed E-state index contributed by atoms with van der Waals surface area (Å²) in [5, 5.41) is 0. The number of sulfonamides is 1. The first-order chi connectivity index (χ1) is 16.5. The molecule has 1 aromatic carbocycles. The lowest BCUT2D eigenvalue weighted by atomic mass is 9.82. The SMILES string of the molecule is CS(=O)(=O)NC1CCN(c2nccc3ocnc23)CC1COC1CCC(c2ccccc2)CC1. The van der Waals surface area contributed by atoms with E-state index in [4.69, 9.17) is 9.15 Å². The fourth-order valence-corrected chi connectivity index (χ4v) is 6.24. The number of fused-ring (bicyclic) bond motifs is 1. The van der Waals surface area contributed by atoms with E-state index in [1.54, 1.807) is 12.3 Å². The van der Waals surface area contributed by atoms with Crippen LogP contribution in [-0.2, 0) is 14.8 Å². The maximum Gasteiger partial charge on any atom is 0.208 e. The maximum absolute atomic E-state index is 12.0. The van der Waals surface area contributed by atoms with Gasteiger partial charge in [-0.25, -0.2) is 23.1 Å². The standard InChI is InChI=1S/C25H32N4O4S/c1-34(30,31)28-22-12-14-29(25-24-23(11-13-26-25)33-17-27-24)15-20(22)16-32-21-9-7-19(8-10-21)18-5-3-2-4-6-18/h2-6,11,13,17,19-22,28H,7-10,12,14-16H2,1H3. The van der Waals surface area contributed by atoms with Crippen molar-refractivity contribution >= 4 is 26.9 Å². The molecule has 1 saturated carbocycles. The molecule has 9 heteroatoms. The molecule has 1 aliphatic heterocycles. The predicted octanol–water partition coefficient (Wildman–Crippen LogP) is 3.71. The molecule has 1 saturated heterocycles. The zero-order chi connectivity index (χ0) is 23.5. The van der Waals surface area contributed by atoms with Crippen LogP contribution in [0.25, 0.3) is 11.1 Å². The van der Waals surface area contributed by atoms with Crippen LogP contribution < -0.4 is 9.62 Å². The number of benzene rings is 1. The minimum Gasteiger partial charge on any atom is -0.443 e. The molecule has 0 spiro atoms. The third-order valence-corrected chi connectivity index (χ3v) is 7.85. The highest BCUT2D eigenvalue weighted by atomic mass is 32.2. The summed E-state index contributed by atoms with van der Waals surface area (Å²) >= 11 is 0. The van der Waals surface area contributed by atoms with Gasteiger partial charge < -0.3 is 14.1 Å². The smallest absolute Gasteiger partial charge is 0.208 e. The van der Waals surface area contributed by atoms with E-state index in [0.29, 0.717) is 37.6 Å². The number of anilines is 1. The van der Waals surface area contributed by atoms with E-state index in [1.165, 1.54) is 18.2 Å². The van der Waals surface area contributed by atoms with Crippen LogP contribution in [0.3, 0.4) is 0 Å². The van der Waals surface area contributed by atoms with Crippen LogP contribution in [0, 0.1) is 5.92 Å². The summed E-state index contributed by atoms with van der Waals surface area (Å²) in [7, 11) is -3.31. The highest BCUT2D eigenvalue weighted by molar-refractivity contribution is 7.88. The Balaban J connectivity index is 1.24. The summed E-state index contributed by atoms with van der Waals surface area (Å²) < 4.78 is 38.7. The molecule has 5 rings (SSSR count).